The van der Waals surface area contributed by atoms with Crippen molar-refractivity contribution in [3.63, 3.8) is 0 Å². The van der Waals surface area contributed by atoms with E-state index in [1.807, 2.05) is 65.6 Å². The number of piperazine rings is 1. The molecule has 2 fully saturated rings. The fraction of sp³-hybridized carbons (Fsp3) is 0.400. The number of carbonyl (C=O) groups is 2. The maximum Gasteiger partial charge on any atom is 0.242 e. The van der Waals surface area contributed by atoms with Crippen LogP contribution in [0.5, 0.6) is 11.5 Å². The van der Waals surface area contributed by atoms with Crippen molar-refractivity contribution in [1.29, 1.82) is 0 Å². The molecular formula is C30H35N5O4. The van der Waals surface area contributed by atoms with Crippen LogP contribution < -0.4 is 14.4 Å². The van der Waals surface area contributed by atoms with Crippen LogP contribution in [-0.2, 0) is 16.0 Å². The van der Waals surface area contributed by atoms with Gasteiger partial charge in [0.2, 0.25) is 11.8 Å². The molecule has 2 amide bonds. The van der Waals surface area contributed by atoms with Crippen LogP contribution in [0.4, 0.5) is 5.82 Å². The highest BCUT2D eigenvalue weighted by molar-refractivity contribution is 5.86. The summed E-state index contributed by atoms with van der Waals surface area (Å²) >= 11 is 0. The molecule has 2 aliphatic rings. The third kappa shape index (κ3) is 6.66. The highest BCUT2D eigenvalue weighted by atomic mass is 16.5. The van der Waals surface area contributed by atoms with Gasteiger partial charge in [0, 0.05) is 44.4 Å². The zero-order valence-corrected chi connectivity index (χ0v) is 22.6. The molecule has 0 unspecified atom stereocenters. The summed E-state index contributed by atoms with van der Waals surface area (Å²) in [6.07, 6.45) is 2.59. The number of methoxy groups -OCH3 is 2. The van der Waals surface area contributed by atoms with Crippen molar-refractivity contribution in [2.24, 2.45) is 5.92 Å². The van der Waals surface area contributed by atoms with Crippen LogP contribution in [0.1, 0.15) is 18.4 Å². The van der Waals surface area contributed by atoms with Crippen molar-refractivity contribution in [2.75, 3.05) is 58.4 Å². The highest BCUT2D eigenvalue weighted by Crippen LogP contribution is 2.32. The van der Waals surface area contributed by atoms with E-state index in [0.29, 0.717) is 62.3 Å². The van der Waals surface area contributed by atoms with Gasteiger partial charge in [-0.1, -0.05) is 30.3 Å². The molecule has 5 rings (SSSR count). The third-order valence-electron chi connectivity index (χ3n) is 7.34. The van der Waals surface area contributed by atoms with E-state index in [0.717, 1.165) is 29.8 Å². The normalized spacial score (nSPS) is 15.1. The number of nitrogens with zero attached hydrogens (tertiary/aromatic N) is 5. The van der Waals surface area contributed by atoms with Gasteiger partial charge in [0.05, 0.1) is 32.9 Å². The van der Waals surface area contributed by atoms with Gasteiger partial charge in [0.25, 0.3) is 0 Å². The topological polar surface area (TPSA) is 88.1 Å². The summed E-state index contributed by atoms with van der Waals surface area (Å²) in [7, 11) is 3.23. The summed E-state index contributed by atoms with van der Waals surface area (Å²) in [6.45, 7) is 3.29. The van der Waals surface area contributed by atoms with Gasteiger partial charge in [-0.15, -0.1) is 10.2 Å². The number of carbonyl (C=O) groups excluding carboxylic acids is 2. The Morgan fingerprint density at radius 1 is 0.923 bits per heavy atom. The van der Waals surface area contributed by atoms with Crippen LogP contribution >= 0.6 is 0 Å². The van der Waals surface area contributed by atoms with Crippen molar-refractivity contribution in [3.8, 4) is 22.8 Å². The van der Waals surface area contributed by atoms with E-state index < -0.39 is 0 Å². The molecule has 0 atom stereocenters. The molecular weight excluding hydrogens is 494 g/mol. The van der Waals surface area contributed by atoms with E-state index in [2.05, 4.69) is 15.1 Å². The second-order valence-electron chi connectivity index (χ2n) is 10.1. The molecule has 0 spiro atoms. The van der Waals surface area contributed by atoms with Crippen LogP contribution in [0.15, 0.2) is 60.7 Å². The van der Waals surface area contributed by atoms with Gasteiger partial charge < -0.3 is 24.2 Å². The van der Waals surface area contributed by atoms with Gasteiger partial charge in [-0.2, -0.15) is 0 Å². The molecule has 2 aromatic carbocycles. The maximum absolute atomic E-state index is 13.2. The lowest BCUT2D eigenvalue weighted by atomic mass is 10.1. The number of anilines is 1. The average molecular weight is 530 g/mol. The summed E-state index contributed by atoms with van der Waals surface area (Å²) < 4.78 is 10.8. The minimum Gasteiger partial charge on any atom is -0.497 e. The van der Waals surface area contributed by atoms with E-state index in [-0.39, 0.29) is 18.4 Å². The molecule has 1 aliphatic heterocycles. The van der Waals surface area contributed by atoms with Gasteiger partial charge in [-0.3, -0.25) is 9.59 Å². The van der Waals surface area contributed by atoms with Gasteiger partial charge >= 0.3 is 0 Å². The number of amides is 2. The van der Waals surface area contributed by atoms with E-state index >= 15 is 0 Å². The fourth-order valence-electron chi connectivity index (χ4n) is 4.84. The Balaban J connectivity index is 1.17. The predicted molar refractivity (Wildman–Crippen MR) is 149 cm³/mol. The van der Waals surface area contributed by atoms with Gasteiger partial charge in [-0.25, -0.2) is 0 Å². The van der Waals surface area contributed by atoms with E-state index in [1.54, 1.807) is 19.1 Å². The molecule has 9 nitrogen and oxygen atoms in total. The third-order valence-corrected chi connectivity index (χ3v) is 7.34. The molecule has 1 saturated heterocycles. The van der Waals surface area contributed by atoms with Crippen molar-refractivity contribution < 1.29 is 19.1 Å². The first kappa shape index (κ1) is 26.5. The SMILES string of the molecule is COc1ccc(-c2ccc(N3CCN(C(=O)CN(CC4CC4)C(=O)Cc4ccccc4)CC3)nn2)c(OC)c1. The zero-order chi connectivity index (χ0) is 27.2. The van der Waals surface area contributed by atoms with Crippen LogP contribution in [0.2, 0.25) is 0 Å². The standard InChI is InChI=1S/C30H35N5O4/c1-38-24-10-11-25(27(19-24)39-2)26-12-13-28(32-31-26)33-14-16-34(17-15-33)30(37)21-35(20-23-8-9-23)29(36)18-22-6-4-3-5-7-22/h3-7,10-13,19,23H,8-9,14-18,20-21H2,1-2H3. The summed E-state index contributed by atoms with van der Waals surface area (Å²) in [4.78, 5) is 32.0. The van der Waals surface area contributed by atoms with Crippen molar-refractivity contribution in [2.45, 2.75) is 19.3 Å². The predicted octanol–water partition coefficient (Wildman–Crippen LogP) is 3.29. The molecule has 1 aromatic heterocycles. The van der Waals surface area contributed by atoms with Crippen molar-refractivity contribution >= 4 is 17.6 Å². The molecule has 1 aliphatic carbocycles. The number of hydrogen-bond donors (Lipinski definition) is 0. The maximum atomic E-state index is 13.2. The molecule has 1 saturated carbocycles. The number of ether oxygens (including phenoxy) is 2. The Morgan fingerprint density at radius 3 is 2.33 bits per heavy atom. The molecule has 3 aromatic rings. The van der Waals surface area contributed by atoms with E-state index in [1.165, 1.54) is 0 Å². The Labute approximate surface area is 229 Å². The Bertz CT molecular complexity index is 1270. The molecule has 204 valence electrons. The lowest BCUT2D eigenvalue weighted by Crippen LogP contribution is -2.52. The summed E-state index contributed by atoms with van der Waals surface area (Å²) in [6, 6.07) is 19.2. The van der Waals surface area contributed by atoms with Crippen LogP contribution in [0.3, 0.4) is 0 Å². The molecule has 39 heavy (non-hydrogen) atoms. The first-order valence-electron chi connectivity index (χ1n) is 13.4. The Morgan fingerprint density at radius 2 is 1.69 bits per heavy atom. The minimum atomic E-state index is 0.00439. The Kier molecular flexibility index (Phi) is 8.24. The van der Waals surface area contributed by atoms with Crippen molar-refractivity contribution in [3.05, 3.63) is 66.2 Å². The minimum absolute atomic E-state index is 0.00439. The largest absolute Gasteiger partial charge is 0.497 e. The fourth-order valence-corrected chi connectivity index (χ4v) is 4.84. The smallest absolute Gasteiger partial charge is 0.242 e. The van der Waals surface area contributed by atoms with Crippen molar-refractivity contribution in [1.82, 2.24) is 20.0 Å². The lowest BCUT2D eigenvalue weighted by molar-refractivity contribution is -0.140. The molecule has 0 radical (unpaired) electrons. The van der Waals surface area contributed by atoms with Gasteiger partial charge in [0.15, 0.2) is 5.82 Å². The van der Waals surface area contributed by atoms with E-state index in [4.69, 9.17) is 9.47 Å². The number of aromatic nitrogens is 2. The average Bonchev–Trinajstić information content (AvgIpc) is 3.81. The number of hydrogen-bond acceptors (Lipinski definition) is 7. The molecule has 2 heterocycles. The van der Waals surface area contributed by atoms with Crippen LogP contribution in [0.25, 0.3) is 11.3 Å². The molecule has 9 heteroatoms. The summed E-state index contributed by atoms with van der Waals surface area (Å²) in [5.41, 5.74) is 2.52. The first-order chi connectivity index (χ1) is 19.0. The second-order valence-corrected chi connectivity index (χ2v) is 10.1. The van der Waals surface area contributed by atoms with Gasteiger partial charge in [-0.05, 0) is 48.6 Å². The molecule has 0 bridgehead atoms. The van der Waals surface area contributed by atoms with Gasteiger partial charge in [0.1, 0.15) is 11.5 Å². The number of benzene rings is 2. The lowest BCUT2D eigenvalue weighted by Gasteiger charge is -2.36. The zero-order valence-electron chi connectivity index (χ0n) is 22.6. The highest BCUT2D eigenvalue weighted by Gasteiger charge is 2.30. The van der Waals surface area contributed by atoms with Crippen LogP contribution in [-0.4, -0.2) is 85.3 Å². The first-order valence-corrected chi connectivity index (χ1v) is 13.4. The quantitative estimate of drug-likeness (QED) is 0.398. The summed E-state index contributed by atoms with van der Waals surface area (Å²) in [5.74, 6) is 2.69. The monoisotopic (exact) mass is 529 g/mol. The summed E-state index contributed by atoms with van der Waals surface area (Å²) in [5, 5.41) is 8.88. The van der Waals surface area contributed by atoms with E-state index in [9.17, 15) is 9.59 Å². The number of rotatable bonds is 10. The molecule has 0 N–H and O–H groups in total. The Hall–Kier alpha value is -4.14. The van der Waals surface area contributed by atoms with Crippen LogP contribution in [0, 0.1) is 5.92 Å². The second kappa shape index (κ2) is 12.1.